The van der Waals surface area contributed by atoms with Crippen molar-refractivity contribution in [3.05, 3.63) is 63.1 Å². The van der Waals surface area contributed by atoms with Crippen molar-refractivity contribution in [2.45, 2.75) is 0 Å². The number of pyridine rings is 1. The number of nitrogens with zero attached hydrogens (tertiary/aromatic N) is 1. The van der Waals surface area contributed by atoms with E-state index in [0.717, 1.165) is 0 Å². The van der Waals surface area contributed by atoms with E-state index in [2.05, 4.69) is 20.9 Å². The predicted octanol–water partition coefficient (Wildman–Crippen LogP) is 3.87. The third-order valence-electron chi connectivity index (χ3n) is 2.16. The largest absolute Gasteiger partial charge is 0.288 e. The molecule has 0 aliphatic carbocycles. The SMILES string of the molecule is O=C(c1ccnc(Cl)c1)c1cc(Br)ccc1F. The van der Waals surface area contributed by atoms with E-state index in [4.69, 9.17) is 11.6 Å². The van der Waals surface area contributed by atoms with Crippen LogP contribution in [0.15, 0.2) is 41.0 Å². The fraction of sp³-hybridized carbons (Fsp3) is 0. The smallest absolute Gasteiger partial charge is 0.196 e. The second-order valence-electron chi connectivity index (χ2n) is 3.32. The molecule has 0 unspecified atom stereocenters. The van der Waals surface area contributed by atoms with Gasteiger partial charge in [-0.15, -0.1) is 0 Å². The Morgan fingerprint density at radius 3 is 2.76 bits per heavy atom. The van der Waals surface area contributed by atoms with Crippen LogP contribution in [0.1, 0.15) is 15.9 Å². The molecule has 2 aromatic rings. The maximum Gasteiger partial charge on any atom is 0.196 e. The Labute approximate surface area is 111 Å². The summed E-state index contributed by atoms with van der Waals surface area (Å²) in [6.07, 6.45) is 1.41. The number of halogens is 3. The van der Waals surface area contributed by atoms with Gasteiger partial charge in [0, 0.05) is 16.2 Å². The number of ketones is 1. The van der Waals surface area contributed by atoms with E-state index >= 15 is 0 Å². The highest BCUT2D eigenvalue weighted by Crippen LogP contribution is 2.19. The maximum atomic E-state index is 13.5. The molecule has 17 heavy (non-hydrogen) atoms. The standard InChI is InChI=1S/C12H6BrClFNO/c13-8-1-2-10(15)9(6-8)12(17)7-3-4-16-11(14)5-7/h1-6H. The van der Waals surface area contributed by atoms with Crippen LogP contribution in [0.3, 0.4) is 0 Å². The lowest BCUT2D eigenvalue weighted by Gasteiger charge is -2.03. The van der Waals surface area contributed by atoms with Gasteiger partial charge in [-0.05, 0) is 30.3 Å². The van der Waals surface area contributed by atoms with Crippen LogP contribution in [0.2, 0.25) is 5.15 Å². The quantitative estimate of drug-likeness (QED) is 0.622. The van der Waals surface area contributed by atoms with Crippen LogP contribution in [0, 0.1) is 5.82 Å². The van der Waals surface area contributed by atoms with E-state index in [1.54, 1.807) is 0 Å². The first-order valence-electron chi connectivity index (χ1n) is 4.69. The highest BCUT2D eigenvalue weighted by Gasteiger charge is 2.14. The molecular formula is C12H6BrClFNO. The van der Waals surface area contributed by atoms with Gasteiger partial charge in [-0.2, -0.15) is 0 Å². The van der Waals surface area contributed by atoms with Crippen molar-refractivity contribution in [1.29, 1.82) is 0 Å². The number of carbonyl (C=O) groups is 1. The highest BCUT2D eigenvalue weighted by molar-refractivity contribution is 9.10. The summed E-state index contributed by atoms with van der Waals surface area (Å²) in [5, 5.41) is 0.200. The van der Waals surface area contributed by atoms with Gasteiger partial charge < -0.3 is 0 Å². The van der Waals surface area contributed by atoms with Crippen molar-refractivity contribution < 1.29 is 9.18 Å². The Hall–Kier alpha value is -1.26. The van der Waals surface area contributed by atoms with Gasteiger partial charge in [-0.25, -0.2) is 9.37 Å². The molecule has 2 rings (SSSR count). The number of rotatable bonds is 2. The van der Waals surface area contributed by atoms with Gasteiger partial charge in [0.25, 0.3) is 0 Å². The molecule has 5 heteroatoms. The van der Waals surface area contributed by atoms with Crippen molar-refractivity contribution in [2.24, 2.45) is 0 Å². The molecule has 0 amide bonds. The zero-order chi connectivity index (χ0) is 12.4. The van der Waals surface area contributed by atoms with Crippen molar-refractivity contribution in [3.8, 4) is 0 Å². The third kappa shape index (κ3) is 2.70. The molecule has 0 aliphatic rings. The maximum absolute atomic E-state index is 13.5. The van der Waals surface area contributed by atoms with E-state index < -0.39 is 11.6 Å². The minimum Gasteiger partial charge on any atom is -0.288 e. The van der Waals surface area contributed by atoms with Crippen LogP contribution in [0.25, 0.3) is 0 Å². The number of benzene rings is 1. The third-order valence-corrected chi connectivity index (χ3v) is 2.86. The molecule has 1 heterocycles. The normalized spacial score (nSPS) is 10.3. The van der Waals surface area contributed by atoms with E-state index in [1.807, 2.05) is 0 Å². The monoisotopic (exact) mass is 313 g/mol. The van der Waals surface area contributed by atoms with Gasteiger partial charge in [0.2, 0.25) is 0 Å². The van der Waals surface area contributed by atoms with Crippen LogP contribution in [0.4, 0.5) is 4.39 Å². The topological polar surface area (TPSA) is 30.0 Å². The molecule has 0 radical (unpaired) electrons. The zero-order valence-corrected chi connectivity index (χ0v) is 10.8. The summed E-state index contributed by atoms with van der Waals surface area (Å²) in [7, 11) is 0. The van der Waals surface area contributed by atoms with Gasteiger partial charge in [-0.3, -0.25) is 4.79 Å². The van der Waals surface area contributed by atoms with Crippen LogP contribution in [-0.2, 0) is 0 Å². The van der Waals surface area contributed by atoms with Crippen molar-refractivity contribution >= 4 is 33.3 Å². The van der Waals surface area contributed by atoms with E-state index in [-0.39, 0.29) is 10.7 Å². The Bertz CT molecular complexity index is 588. The number of hydrogen-bond acceptors (Lipinski definition) is 2. The highest BCUT2D eigenvalue weighted by atomic mass is 79.9. The van der Waals surface area contributed by atoms with Crippen LogP contribution >= 0.6 is 27.5 Å². The second kappa shape index (κ2) is 4.94. The van der Waals surface area contributed by atoms with Crippen molar-refractivity contribution in [3.63, 3.8) is 0 Å². The van der Waals surface area contributed by atoms with E-state index in [1.165, 1.54) is 36.5 Å². The molecule has 2 nitrogen and oxygen atoms in total. The minimum atomic E-state index is -0.564. The van der Waals surface area contributed by atoms with Crippen molar-refractivity contribution in [1.82, 2.24) is 4.98 Å². The molecule has 1 aromatic carbocycles. The van der Waals surface area contributed by atoms with Crippen LogP contribution in [-0.4, -0.2) is 10.8 Å². The molecule has 0 atom stereocenters. The lowest BCUT2D eigenvalue weighted by Crippen LogP contribution is -2.04. The summed E-state index contributed by atoms with van der Waals surface area (Å²) in [6, 6.07) is 7.11. The van der Waals surface area contributed by atoms with Gasteiger partial charge in [0.15, 0.2) is 5.78 Å². The first kappa shape index (κ1) is 12.2. The molecule has 0 saturated heterocycles. The molecule has 1 aromatic heterocycles. The summed E-state index contributed by atoms with van der Waals surface area (Å²) in [4.78, 5) is 15.8. The Balaban J connectivity index is 2.47. The number of aromatic nitrogens is 1. The lowest BCUT2D eigenvalue weighted by molar-refractivity contribution is 0.103. The predicted molar refractivity (Wildman–Crippen MR) is 66.8 cm³/mol. The summed E-state index contributed by atoms with van der Waals surface area (Å²) in [5.74, 6) is -0.987. The van der Waals surface area contributed by atoms with Gasteiger partial charge in [0.1, 0.15) is 11.0 Å². The average Bonchev–Trinajstić information content (AvgIpc) is 2.31. The summed E-state index contributed by atoms with van der Waals surface area (Å²) in [6.45, 7) is 0. The first-order valence-corrected chi connectivity index (χ1v) is 5.86. The molecule has 0 bridgehead atoms. The minimum absolute atomic E-state index is 0.00152. The Kier molecular flexibility index (Phi) is 3.54. The molecule has 86 valence electrons. The van der Waals surface area contributed by atoms with E-state index in [0.29, 0.717) is 10.0 Å². The van der Waals surface area contributed by atoms with Crippen molar-refractivity contribution in [2.75, 3.05) is 0 Å². The van der Waals surface area contributed by atoms with Crippen LogP contribution in [0.5, 0.6) is 0 Å². The second-order valence-corrected chi connectivity index (χ2v) is 4.62. The van der Waals surface area contributed by atoms with E-state index in [9.17, 15) is 9.18 Å². The van der Waals surface area contributed by atoms with Gasteiger partial charge >= 0.3 is 0 Å². The van der Waals surface area contributed by atoms with Gasteiger partial charge in [0.05, 0.1) is 5.56 Å². The molecule has 0 saturated carbocycles. The Morgan fingerprint density at radius 2 is 2.06 bits per heavy atom. The molecule has 0 spiro atoms. The summed E-state index contributed by atoms with van der Waals surface area (Å²) in [5.41, 5.74) is 0.309. The zero-order valence-electron chi connectivity index (χ0n) is 8.45. The number of hydrogen-bond donors (Lipinski definition) is 0. The molecular weight excluding hydrogens is 308 g/mol. The average molecular weight is 315 g/mol. The number of carbonyl (C=O) groups excluding carboxylic acids is 1. The van der Waals surface area contributed by atoms with Gasteiger partial charge in [-0.1, -0.05) is 27.5 Å². The van der Waals surface area contributed by atoms with Crippen LogP contribution < -0.4 is 0 Å². The molecule has 0 aliphatic heterocycles. The molecule has 0 fully saturated rings. The summed E-state index contributed by atoms with van der Waals surface area (Å²) >= 11 is 8.88. The summed E-state index contributed by atoms with van der Waals surface area (Å²) < 4.78 is 14.2. The fourth-order valence-corrected chi connectivity index (χ4v) is 1.91. The Morgan fingerprint density at radius 1 is 1.29 bits per heavy atom. The first-order chi connectivity index (χ1) is 8.08. The lowest BCUT2D eigenvalue weighted by atomic mass is 10.0. The fourth-order valence-electron chi connectivity index (χ4n) is 1.37. The molecule has 0 N–H and O–H groups in total.